The Hall–Kier alpha value is -1.48. The number of benzene rings is 1. The normalized spacial score (nSPS) is 11.1. The molecule has 1 aromatic carbocycles. The van der Waals surface area contributed by atoms with Gasteiger partial charge in [-0.25, -0.2) is 17.2 Å². The van der Waals surface area contributed by atoms with Crippen LogP contribution in [0.3, 0.4) is 0 Å². The largest absolute Gasteiger partial charge is 0.224 e. The maximum absolute atomic E-state index is 13.2. The second-order valence-corrected chi connectivity index (χ2v) is 5.59. The lowest BCUT2D eigenvalue weighted by Gasteiger charge is -2.05. The molecule has 0 saturated carbocycles. The fraction of sp³-hybridized carbons (Fsp3) is 0.364. The Morgan fingerprint density at radius 2 is 1.94 bits per heavy atom. The van der Waals surface area contributed by atoms with E-state index in [9.17, 15) is 17.2 Å². The first-order chi connectivity index (χ1) is 7.97. The van der Waals surface area contributed by atoms with E-state index in [1.54, 1.807) is 0 Å². The maximum Gasteiger partial charge on any atom is 0.181 e. The zero-order valence-electron chi connectivity index (χ0n) is 8.99. The Balaban J connectivity index is 2.83. The van der Waals surface area contributed by atoms with Crippen LogP contribution >= 0.6 is 0 Å². The van der Waals surface area contributed by atoms with Crippen LogP contribution in [0.2, 0.25) is 0 Å². The average Bonchev–Trinajstić information content (AvgIpc) is 2.28. The lowest BCUT2D eigenvalue weighted by atomic mass is 10.3. The van der Waals surface area contributed by atoms with Crippen molar-refractivity contribution in [2.75, 3.05) is 5.75 Å². The first kappa shape index (κ1) is 13.6. The van der Waals surface area contributed by atoms with Crippen LogP contribution in [0.15, 0.2) is 23.1 Å². The van der Waals surface area contributed by atoms with Crippen LogP contribution < -0.4 is 0 Å². The number of hydrogen-bond acceptors (Lipinski definition) is 3. The van der Waals surface area contributed by atoms with Crippen LogP contribution in [0, 0.1) is 23.0 Å². The van der Waals surface area contributed by atoms with Gasteiger partial charge in [-0.3, -0.25) is 0 Å². The second-order valence-electron chi connectivity index (χ2n) is 3.51. The molecule has 0 atom stereocenters. The van der Waals surface area contributed by atoms with Crippen molar-refractivity contribution in [3.63, 3.8) is 0 Å². The van der Waals surface area contributed by atoms with E-state index in [1.807, 2.05) is 6.07 Å². The van der Waals surface area contributed by atoms with Gasteiger partial charge >= 0.3 is 0 Å². The summed E-state index contributed by atoms with van der Waals surface area (Å²) in [5.41, 5.74) is 0. The summed E-state index contributed by atoms with van der Waals surface area (Å²) in [6.07, 6.45) is 0.930. The predicted octanol–water partition coefficient (Wildman–Crippen LogP) is 2.43. The summed E-state index contributed by atoms with van der Waals surface area (Å²) in [7, 11) is -3.82. The number of nitriles is 1. The zero-order valence-corrected chi connectivity index (χ0v) is 9.80. The molecule has 0 bridgehead atoms. The van der Waals surface area contributed by atoms with Crippen LogP contribution in [0.4, 0.5) is 8.78 Å². The molecule has 0 aromatic heterocycles. The minimum atomic E-state index is -3.82. The molecule has 0 spiro atoms. The SMILES string of the molecule is N#CCCCCS(=O)(=O)c1cc(F)ccc1F. The van der Waals surface area contributed by atoms with E-state index >= 15 is 0 Å². The first-order valence-electron chi connectivity index (χ1n) is 5.02. The number of sulfone groups is 1. The van der Waals surface area contributed by atoms with Gasteiger partial charge in [-0.15, -0.1) is 0 Å². The molecule has 0 amide bonds. The van der Waals surface area contributed by atoms with Gasteiger partial charge in [0.15, 0.2) is 9.84 Å². The van der Waals surface area contributed by atoms with E-state index in [2.05, 4.69) is 0 Å². The molecular formula is C11H11F2NO2S. The summed E-state index contributed by atoms with van der Waals surface area (Å²) in [6.45, 7) is 0. The molecule has 0 aliphatic heterocycles. The molecule has 1 rings (SSSR count). The molecule has 0 aliphatic rings. The summed E-state index contributed by atoms with van der Waals surface area (Å²) < 4.78 is 49.4. The Labute approximate surface area is 98.6 Å². The van der Waals surface area contributed by atoms with Crippen molar-refractivity contribution in [3.05, 3.63) is 29.8 Å². The van der Waals surface area contributed by atoms with Gasteiger partial charge < -0.3 is 0 Å². The summed E-state index contributed by atoms with van der Waals surface area (Å²) in [5, 5.41) is 8.28. The summed E-state index contributed by atoms with van der Waals surface area (Å²) in [5.74, 6) is -2.02. The molecule has 0 fully saturated rings. The maximum atomic E-state index is 13.2. The van der Waals surface area contributed by atoms with Crippen molar-refractivity contribution < 1.29 is 17.2 Å². The van der Waals surface area contributed by atoms with Crippen LogP contribution in [0.1, 0.15) is 19.3 Å². The van der Waals surface area contributed by atoms with E-state index in [0.29, 0.717) is 12.5 Å². The lowest BCUT2D eigenvalue weighted by Crippen LogP contribution is -2.09. The van der Waals surface area contributed by atoms with Gasteiger partial charge in [0.1, 0.15) is 16.5 Å². The molecule has 6 heteroatoms. The van der Waals surface area contributed by atoms with Gasteiger partial charge in [-0.2, -0.15) is 5.26 Å². The van der Waals surface area contributed by atoms with Crippen LogP contribution in [-0.4, -0.2) is 14.2 Å². The highest BCUT2D eigenvalue weighted by Gasteiger charge is 2.19. The molecule has 92 valence electrons. The highest BCUT2D eigenvalue weighted by atomic mass is 32.2. The van der Waals surface area contributed by atoms with Crippen molar-refractivity contribution >= 4 is 9.84 Å². The molecule has 1 aromatic rings. The van der Waals surface area contributed by atoms with Gasteiger partial charge in [0.25, 0.3) is 0 Å². The van der Waals surface area contributed by atoms with E-state index in [1.165, 1.54) is 0 Å². The molecule has 0 unspecified atom stereocenters. The summed E-state index contributed by atoms with van der Waals surface area (Å²) in [4.78, 5) is -0.616. The summed E-state index contributed by atoms with van der Waals surface area (Å²) >= 11 is 0. The number of hydrogen-bond donors (Lipinski definition) is 0. The second kappa shape index (κ2) is 5.73. The molecule has 0 radical (unpaired) electrons. The minimum Gasteiger partial charge on any atom is -0.224 e. The predicted molar refractivity (Wildman–Crippen MR) is 57.9 cm³/mol. The van der Waals surface area contributed by atoms with Crippen molar-refractivity contribution in [2.45, 2.75) is 24.2 Å². The molecule has 0 heterocycles. The molecular weight excluding hydrogens is 248 g/mol. The van der Waals surface area contributed by atoms with E-state index in [-0.39, 0.29) is 18.6 Å². The quantitative estimate of drug-likeness (QED) is 0.763. The van der Waals surface area contributed by atoms with E-state index < -0.39 is 26.4 Å². The summed E-state index contributed by atoms with van der Waals surface area (Å²) in [6, 6.07) is 4.22. The van der Waals surface area contributed by atoms with Gasteiger partial charge in [0.2, 0.25) is 0 Å². The Morgan fingerprint density at radius 3 is 2.59 bits per heavy atom. The lowest BCUT2D eigenvalue weighted by molar-refractivity contribution is 0.551. The third kappa shape index (κ3) is 3.79. The standard InChI is InChI=1S/C11H11F2NO2S/c12-9-4-5-10(13)11(8-9)17(15,16)7-3-1-2-6-14/h4-5,8H,1-3,7H2. The fourth-order valence-corrected chi connectivity index (χ4v) is 2.78. The monoisotopic (exact) mass is 259 g/mol. The first-order valence-corrected chi connectivity index (χ1v) is 6.67. The highest BCUT2D eigenvalue weighted by molar-refractivity contribution is 7.91. The van der Waals surface area contributed by atoms with E-state index in [0.717, 1.165) is 12.1 Å². The Bertz CT molecular complexity index is 535. The molecule has 0 N–H and O–H groups in total. The van der Waals surface area contributed by atoms with Gasteiger partial charge in [-0.1, -0.05) is 0 Å². The smallest absolute Gasteiger partial charge is 0.181 e. The van der Waals surface area contributed by atoms with E-state index in [4.69, 9.17) is 5.26 Å². The van der Waals surface area contributed by atoms with Crippen molar-refractivity contribution in [1.29, 1.82) is 5.26 Å². The van der Waals surface area contributed by atoms with Crippen molar-refractivity contribution in [1.82, 2.24) is 0 Å². The molecule has 0 aliphatic carbocycles. The highest BCUT2D eigenvalue weighted by Crippen LogP contribution is 2.18. The third-order valence-corrected chi connectivity index (χ3v) is 3.99. The van der Waals surface area contributed by atoms with Gasteiger partial charge in [0, 0.05) is 6.42 Å². The number of nitrogens with zero attached hydrogens (tertiary/aromatic N) is 1. The Kier molecular flexibility index (Phi) is 4.58. The zero-order chi connectivity index (χ0) is 12.9. The minimum absolute atomic E-state index is 0.251. The number of halogens is 2. The molecule has 0 saturated heterocycles. The number of rotatable bonds is 5. The van der Waals surface area contributed by atoms with Crippen LogP contribution in [0.5, 0.6) is 0 Å². The third-order valence-electron chi connectivity index (χ3n) is 2.18. The Morgan fingerprint density at radius 1 is 1.24 bits per heavy atom. The van der Waals surface area contributed by atoms with Crippen molar-refractivity contribution in [2.24, 2.45) is 0 Å². The van der Waals surface area contributed by atoms with Crippen LogP contribution in [-0.2, 0) is 9.84 Å². The van der Waals surface area contributed by atoms with Crippen molar-refractivity contribution in [3.8, 4) is 6.07 Å². The topological polar surface area (TPSA) is 57.9 Å². The van der Waals surface area contributed by atoms with Crippen LogP contribution in [0.25, 0.3) is 0 Å². The van der Waals surface area contributed by atoms with Gasteiger partial charge in [0.05, 0.1) is 11.8 Å². The fourth-order valence-electron chi connectivity index (χ4n) is 1.32. The average molecular weight is 259 g/mol. The molecule has 17 heavy (non-hydrogen) atoms. The van der Waals surface area contributed by atoms with Gasteiger partial charge in [-0.05, 0) is 31.0 Å². The number of unbranched alkanes of at least 4 members (excludes halogenated alkanes) is 2. The molecule has 3 nitrogen and oxygen atoms in total.